The molecule has 0 aliphatic carbocycles. The smallest absolute Gasteiger partial charge is 0.181 e. The van der Waals surface area contributed by atoms with Gasteiger partial charge in [-0.1, -0.05) is 39.8 Å². The van der Waals surface area contributed by atoms with Gasteiger partial charge in [-0.3, -0.25) is 0 Å². The molecule has 2 rings (SSSR count). The van der Waals surface area contributed by atoms with Gasteiger partial charge in [-0.05, 0) is 42.5 Å². The maximum Gasteiger partial charge on any atom is 0.181 e. The second-order valence-electron chi connectivity index (χ2n) is 6.10. The summed E-state index contributed by atoms with van der Waals surface area (Å²) in [5.74, 6) is 0.481. The van der Waals surface area contributed by atoms with Crippen LogP contribution in [0.2, 0.25) is 0 Å². The van der Waals surface area contributed by atoms with Crippen LogP contribution in [0.25, 0.3) is 0 Å². The molecular formula is C16H25NO2S. The van der Waals surface area contributed by atoms with Gasteiger partial charge < -0.3 is 5.32 Å². The van der Waals surface area contributed by atoms with Crippen LogP contribution in [0, 0.1) is 5.92 Å². The van der Waals surface area contributed by atoms with E-state index in [0.717, 1.165) is 12.1 Å². The number of benzene rings is 1. The van der Waals surface area contributed by atoms with Crippen molar-refractivity contribution in [1.29, 1.82) is 0 Å². The van der Waals surface area contributed by atoms with Crippen LogP contribution in [-0.4, -0.2) is 20.2 Å². The van der Waals surface area contributed by atoms with Crippen LogP contribution in [0.1, 0.15) is 57.7 Å². The summed E-state index contributed by atoms with van der Waals surface area (Å²) in [4.78, 5) is 0.512. The summed E-state index contributed by atoms with van der Waals surface area (Å²) in [6.45, 7) is 11.0. The molecule has 3 nitrogen and oxygen atoms in total. The average molecular weight is 295 g/mol. The van der Waals surface area contributed by atoms with Gasteiger partial charge in [0.1, 0.15) is 0 Å². The highest BCUT2D eigenvalue weighted by Gasteiger charge is 2.41. The van der Waals surface area contributed by atoms with E-state index in [1.165, 1.54) is 5.56 Å². The van der Waals surface area contributed by atoms with Gasteiger partial charge in [-0.25, -0.2) is 8.42 Å². The van der Waals surface area contributed by atoms with Crippen molar-refractivity contribution in [2.75, 3.05) is 6.54 Å². The van der Waals surface area contributed by atoms with Crippen molar-refractivity contribution in [3.8, 4) is 0 Å². The van der Waals surface area contributed by atoms with Crippen molar-refractivity contribution in [1.82, 2.24) is 5.32 Å². The van der Waals surface area contributed by atoms with Crippen molar-refractivity contribution in [2.45, 2.75) is 56.7 Å². The van der Waals surface area contributed by atoms with E-state index in [4.69, 9.17) is 0 Å². The fraction of sp³-hybridized carbons (Fsp3) is 0.625. The summed E-state index contributed by atoms with van der Waals surface area (Å²) in [6.07, 6.45) is 0. The fourth-order valence-electron chi connectivity index (χ4n) is 2.98. The predicted molar refractivity (Wildman–Crippen MR) is 82.8 cm³/mol. The minimum Gasteiger partial charge on any atom is -0.310 e. The highest BCUT2D eigenvalue weighted by molar-refractivity contribution is 7.92. The van der Waals surface area contributed by atoms with Gasteiger partial charge in [0, 0.05) is 6.04 Å². The van der Waals surface area contributed by atoms with Crippen molar-refractivity contribution in [3.63, 3.8) is 0 Å². The lowest BCUT2D eigenvalue weighted by Crippen LogP contribution is -2.41. The number of fused-ring (bicyclic) bond motifs is 1. The Hall–Kier alpha value is -0.870. The van der Waals surface area contributed by atoms with Gasteiger partial charge in [-0.2, -0.15) is 0 Å². The molecule has 1 aliphatic rings. The van der Waals surface area contributed by atoms with E-state index in [1.807, 2.05) is 19.9 Å². The second-order valence-corrected chi connectivity index (χ2v) is 8.37. The molecule has 20 heavy (non-hydrogen) atoms. The first-order valence-corrected chi connectivity index (χ1v) is 8.96. The Balaban J connectivity index is 2.65. The fourth-order valence-corrected chi connectivity index (χ4v) is 4.88. The minimum atomic E-state index is -3.20. The summed E-state index contributed by atoms with van der Waals surface area (Å²) >= 11 is 0. The molecule has 3 unspecified atom stereocenters. The van der Waals surface area contributed by atoms with E-state index < -0.39 is 9.84 Å². The molecular weight excluding hydrogens is 270 g/mol. The zero-order valence-electron chi connectivity index (χ0n) is 13.0. The van der Waals surface area contributed by atoms with Gasteiger partial charge in [0.15, 0.2) is 9.84 Å². The van der Waals surface area contributed by atoms with Gasteiger partial charge in [-0.15, -0.1) is 0 Å². The Morgan fingerprint density at radius 3 is 2.45 bits per heavy atom. The molecule has 0 aromatic heterocycles. The standard InChI is InChI=1S/C16H25NO2S/c1-6-17-16-11(4)12(5)20(18,19)15-8-7-13(10(2)3)9-14(15)16/h7-12,16-17H,6H2,1-5H3. The number of hydrogen-bond donors (Lipinski definition) is 1. The van der Waals surface area contributed by atoms with Gasteiger partial charge >= 0.3 is 0 Å². The molecule has 4 heteroatoms. The van der Waals surface area contributed by atoms with Crippen LogP contribution in [0.3, 0.4) is 0 Å². The molecule has 0 fully saturated rings. The molecule has 0 saturated heterocycles. The Labute approximate surface area is 122 Å². The highest BCUT2D eigenvalue weighted by Crippen LogP contribution is 2.41. The summed E-state index contributed by atoms with van der Waals surface area (Å²) in [6, 6.07) is 5.94. The Morgan fingerprint density at radius 1 is 1.25 bits per heavy atom. The lowest BCUT2D eigenvalue weighted by Gasteiger charge is -2.36. The van der Waals surface area contributed by atoms with E-state index in [-0.39, 0.29) is 17.2 Å². The third kappa shape index (κ3) is 2.40. The predicted octanol–water partition coefficient (Wildman–Crippen LogP) is 3.27. The lowest BCUT2D eigenvalue weighted by molar-refractivity contribution is 0.364. The topological polar surface area (TPSA) is 46.2 Å². The molecule has 1 aromatic carbocycles. The van der Waals surface area contributed by atoms with Crippen molar-refractivity contribution in [2.24, 2.45) is 5.92 Å². The van der Waals surface area contributed by atoms with Crippen LogP contribution in [-0.2, 0) is 9.84 Å². The lowest BCUT2D eigenvalue weighted by atomic mass is 9.89. The first kappa shape index (κ1) is 15.5. The molecule has 112 valence electrons. The van der Waals surface area contributed by atoms with Crippen LogP contribution >= 0.6 is 0 Å². The van der Waals surface area contributed by atoms with Crippen LogP contribution in [0.5, 0.6) is 0 Å². The zero-order valence-corrected chi connectivity index (χ0v) is 13.8. The van der Waals surface area contributed by atoms with E-state index in [0.29, 0.717) is 10.8 Å². The summed E-state index contributed by atoms with van der Waals surface area (Å²) in [5, 5.41) is 3.12. The van der Waals surface area contributed by atoms with Gasteiger partial charge in [0.05, 0.1) is 10.1 Å². The average Bonchev–Trinajstić information content (AvgIpc) is 2.41. The molecule has 1 heterocycles. The van der Waals surface area contributed by atoms with Crippen LogP contribution in [0.15, 0.2) is 23.1 Å². The van der Waals surface area contributed by atoms with Crippen molar-refractivity contribution >= 4 is 9.84 Å². The molecule has 0 spiro atoms. The number of nitrogens with one attached hydrogen (secondary N) is 1. The molecule has 0 amide bonds. The Bertz CT molecular complexity index is 592. The maximum absolute atomic E-state index is 12.6. The van der Waals surface area contributed by atoms with Gasteiger partial charge in [0.2, 0.25) is 0 Å². The van der Waals surface area contributed by atoms with E-state index in [1.54, 1.807) is 6.07 Å². The molecule has 3 atom stereocenters. The SMILES string of the molecule is CCNC1c2cc(C(C)C)ccc2S(=O)(=O)C(C)C1C. The normalized spacial score (nSPS) is 28.4. The van der Waals surface area contributed by atoms with Crippen molar-refractivity contribution in [3.05, 3.63) is 29.3 Å². The molecule has 0 saturated carbocycles. The molecule has 1 aromatic rings. The first-order valence-electron chi connectivity index (χ1n) is 7.41. The van der Waals surface area contributed by atoms with E-state index in [2.05, 4.69) is 32.2 Å². The second kappa shape index (κ2) is 5.49. The molecule has 0 bridgehead atoms. The number of rotatable bonds is 3. The largest absolute Gasteiger partial charge is 0.310 e. The third-order valence-electron chi connectivity index (χ3n) is 4.52. The zero-order chi connectivity index (χ0) is 15.1. The Kier molecular flexibility index (Phi) is 4.26. The Morgan fingerprint density at radius 2 is 1.90 bits per heavy atom. The maximum atomic E-state index is 12.6. The highest BCUT2D eigenvalue weighted by atomic mass is 32.2. The number of hydrogen-bond acceptors (Lipinski definition) is 3. The minimum absolute atomic E-state index is 0.0786. The van der Waals surface area contributed by atoms with Gasteiger partial charge in [0.25, 0.3) is 0 Å². The van der Waals surface area contributed by atoms with Crippen LogP contribution in [0.4, 0.5) is 0 Å². The molecule has 1 N–H and O–H groups in total. The summed E-state index contributed by atoms with van der Waals surface area (Å²) in [7, 11) is -3.20. The third-order valence-corrected chi connectivity index (χ3v) is 6.91. The van der Waals surface area contributed by atoms with E-state index >= 15 is 0 Å². The first-order chi connectivity index (χ1) is 9.30. The number of sulfone groups is 1. The molecule has 1 aliphatic heterocycles. The van der Waals surface area contributed by atoms with E-state index in [9.17, 15) is 8.42 Å². The quantitative estimate of drug-likeness (QED) is 0.931. The summed E-state index contributed by atoms with van der Waals surface area (Å²) < 4.78 is 25.2. The van der Waals surface area contributed by atoms with Crippen LogP contribution < -0.4 is 5.32 Å². The summed E-state index contributed by atoms with van der Waals surface area (Å²) in [5.41, 5.74) is 2.15. The molecule has 0 radical (unpaired) electrons. The monoisotopic (exact) mass is 295 g/mol. The van der Waals surface area contributed by atoms with Crippen molar-refractivity contribution < 1.29 is 8.42 Å².